The van der Waals surface area contributed by atoms with Gasteiger partial charge in [0.25, 0.3) is 5.91 Å². The van der Waals surface area contributed by atoms with E-state index in [1.54, 1.807) is 12.4 Å². The van der Waals surface area contributed by atoms with Crippen molar-refractivity contribution in [2.24, 2.45) is 5.92 Å². The van der Waals surface area contributed by atoms with Gasteiger partial charge in [0.15, 0.2) is 0 Å². The van der Waals surface area contributed by atoms with Gasteiger partial charge < -0.3 is 10.2 Å². The Balaban J connectivity index is 1.49. The molecule has 1 aromatic rings. The maximum Gasteiger partial charge on any atom is 0.267 e. The summed E-state index contributed by atoms with van der Waals surface area (Å²) in [5.41, 5.74) is 2.11. The Labute approximate surface area is 148 Å². The number of nitrogens with zero attached hydrogens (tertiary/aromatic N) is 3. The lowest BCUT2D eigenvalue weighted by Crippen LogP contribution is -2.43. The van der Waals surface area contributed by atoms with E-state index in [1.165, 1.54) is 62.8 Å². The van der Waals surface area contributed by atoms with Gasteiger partial charge in [-0.1, -0.05) is 12.8 Å². The van der Waals surface area contributed by atoms with Crippen LogP contribution in [0.1, 0.15) is 44.2 Å². The van der Waals surface area contributed by atoms with Gasteiger partial charge in [-0.25, -0.2) is 10.5 Å². The smallest absolute Gasteiger partial charge is 0.267 e. The van der Waals surface area contributed by atoms with Gasteiger partial charge in [0.2, 0.25) is 0 Å². The van der Waals surface area contributed by atoms with Crippen LogP contribution in [0, 0.1) is 5.92 Å². The summed E-state index contributed by atoms with van der Waals surface area (Å²) < 4.78 is 0. The molecule has 3 rings (SSSR count). The van der Waals surface area contributed by atoms with Gasteiger partial charge in [0, 0.05) is 25.2 Å². The number of hydrogen-bond acceptors (Lipinski definition) is 6. The lowest BCUT2D eigenvalue weighted by Gasteiger charge is -2.34. The maximum absolute atomic E-state index is 11.0. The van der Waals surface area contributed by atoms with E-state index in [-0.39, 0.29) is 0 Å². The second kappa shape index (κ2) is 8.92. The van der Waals surface area contributed by atoms with E-state index in [2.05, 4.69) is 20.2 Å². The van der Waals surface area contributed by atoms with E-state index in [0.717, 1.165) is 24.7 Å². The lowest BCUT2D eigenvalue weighted by molar-refractivity contribution is -0.124. The molecular formula is C18H27N5O2. The van der Waals surface area contributed by atoms with Crippen LogP contribution in [0.2, 0.25) is 0 Å². The number of aromatic nitrogens is 2. The summed E-state index contributed by atoms with van der Waals surface area (Å²) in [5, 5.41) is 11.9. The molecule has 136 valence electrons. The fraction of sp³-hybridized carbons (Fsp3) is 0.611. The van der Waals surface area contributed by atoms with E-state index in [4.69, 9.17) is 5.21 Å². The number of carbonyl (C=O) groups excluding carboxylic acids is 1. The molecule has 1 unspecified atom stereocenters. The molecule has 7 heteroatoms. The van der Waals surface area contributed by atoms with Crippen LogP contribution < -0.4 is 10.8 Å². The van der Waals surface area contributed by atoms with E-state index in [1.807, 2.05) is 0 Å². The zero-order chi connectivity index (χ0) is 17.5. The largest absolute Gasteiger partial charge is 0.365 e. The standard InChI is InChI=1S/C18H27N5O2/c24-18(22-25)8-7-15-10-20-17(11-19-15)21-16-6-3-9-23(13-16)12-14-4-1-2-5-14/h7-8,10-11,14,16,25H,1-6,9,12-13H2,(H,20,21)(H,22,24)/b8-7+. The topological polar surface area (TPSA) is 90.4 Å². The highest BCUT2D eigenvalue weighted by atomic mass is 16.5. The van der Waals surface area contributed by atoms with Crippen molar-refractivity contribution in [2.45, 2.75) is 44.6 Å². The monoisotopic (exact) mass is 345 g/mol. The van der Waals surface area contributed by atoms with Crippen molar-refractivity contribution < 1.29 is 10.0 Å². The Morgan fingerprint density at radius 3 is 2.80 bits per heavy atom. The molecular weight excluding hydrogens is 318 g/mol. The molecule has 2 heterocycles. The summed E-state index contributed by atoms with van der Waals surface area (Å²) in [5.74, 6) is 1.06. The maximum atomic E-state index is 11.0. The van der Waals surface area contributed by atoms with Crippen molar-refractivity contribution >= 4 is 17.8 Å². The van der Waals surface area contributed by atoms with Crippen molar-refractivity contribution in [2.75, 3.05) is 25.0 Å². The van der Waals surface area contributed by atoms with Gasteiger partial charge in [-0.2, -0.15) is 0 Å². The second-order valence-corrected chi connectivity index (χ2v) is 7.03. The normalized spacial score (nSPS) is 22.4. The Morgan fingerprint density at radius 2 is 2.08 bits per heavy atom. The van der Waals surface area contributed by atoms with Crippen LogP contribution in [0.5, 0.6) is 0 Å². The molecule has 2 fully saturated rings. The zero-order valence-electron chi connectivity index (χ0n) is 14.5. The molecule has 3 N–H and O–H groups in total. The molecule has 1 saturated carbocycles. The van der Waals surface area contributed by atoms with Gasteiger partial charge in [0.05, 0.1) is 18.1 Å². The van der Waals surface area contributed by atoms with E-state index >= 15 is 0 Å². The number of rotatable bonds is 6. The first-order valence-corrected chi connectivity index (χ1v) is 9.16. The first-order valence-electron chi connectivity index (χ1n) is 9.16. The molecule has 1 aliphatic carbocycles. The Morgan fingerprint density at radius 1 is 1.24 bits per heavy atom. The molecule has 0 bridgehead atoms. The minimum atomic E-state index is -0.589. The molecule has 1 saturated heterocycles. The summed E-state index contributed by atoms with van der Waals surface area (Å²) in [4.78, 5) is 22.2. The van der Waals surface area contributed by atoms with Gasteiger partial charge in [-0.3, -0.25) is 15.0 Å². The van der Waals surface area contributed by atoms with Crippen LogP contribution in [0.25, 0.3) is 6.08 Å². The Hall–Kier alpha value is -1.99. The predicted octanol–water partition coefficient (Wildman–Crippen LogP) is 2.06. The number of nitrogens with one attached hydrogen (secondary N) is 2. The number of hydroxylamine groups is 1. The van der Waals surface area contributed by atoms with Crippen LogP contribution in [0.4, 0.5) is 5.82 Å². The average molecular weight is 345 g/mol. The summed E-state index contributed by atoms with van der Waals surface area (Å²) in [6.07, 6.45) is 14.0. The molecule has 1 aliphatic heterocycles. The van der Waals surface area contributed by atoms with Crippen LogP contribution in [0.3, 0.4) is 0 Å². The molecule has 2 aliphatic rings. The van der Waals surface area contributed by atoms with Crippen LogP contribution >= 0.6 is 0 Å². The number of hydrogen-bond donors (Lipinski definition) is 3. The van der Waals surface area contributed by atoms with Crippen LogP contribution in [-0.2, 0) is 4.79 Å². The highest BCUT2D eigenvalue weighted by Crippen LogP contribution is 2.26. The van der Waals surface area contributed by atoms with Crippen molar-refractivity contribution in [1.29, 1.82) is 0 Å². The third-order valence-electron chi connectivity index (χ3n) is 5.04. The molecule has 1 aromatic heterocycles. The van der Waals surface area contributed by atoms with Crippen LogP contribution in [-0.4, -0.2) is 51.7 Å². The quantitative estimate of drug-likeness (QED) is 0.415. The van der Waals surface area contributed by atoms with Crippen molar-refractivity contribution in [3.63, 3.8) is 0 Å². The fourth-order valence-corrected chi connectivity index (χ4v) is 3.80. The SMILES string of the molecule is O=C(/C=C/c1cnc(NC2CCCN(CC3CCCC3)C2)cn1)NO. The summed E-state index contributed by atoms with van der Waals surface area (Å²) in [7, 11) is 0. The molecule has 1 atom stereocenters. The third kappa shape index (κ3) is 5.51. The minimum absolute atomic E-state index is 0.408. The molecule has 25 heavy (non-hydrogen) atoms. The van der Waals surface area contributed by atoms with Gasteiger partial charge in [-0.15, -0.1) is 0 Å². The highest BCUT2D eigenvalue weighted by Gasteiger charge is 2.24. The van der Waals surface area contributed by atoms with Gasteiger partial charge in [-0.05, 0) is 44.2 Å². The third-order valence-corrected chi connectivity index (χ3v) is 5.04. The van der Waals surface area contributed by atoms with Crippen molar-refractivity contribution in [3.8, 4) is 0 Å². The molecule has 7 nitrogen and oxygen atoms in total. The number of carbonyl (C=O) groups is 1. The molecule has 0 spiro atoms. The van der Waals surface area contributed by atoms with Gasteiger partial charge in [0.1, 0.15) is 5.82 Å². The second-order valence-electron chi connectivity index (χ2n) is 7.03. The van der Waals surface area contributed by atoms with Gasteiger partial charge >= 0.3 is 0 Å². The van der Waals surface area contributed by atoms with Crippen molar-refractivity contribution in [1.82, 2.24) is 20.3 Å². The number of anilines is 1. The number of amides is 1. The first-order chi connectivity index (χ1) is 12.2. The number of likely N-dealkylation sites (tertiary alicyclic amines) is 1. The summed E-state index contributed by atoms with van der Waals surface area (Å²) in [6.45, 7) is 3.51. The van der Waals surface area contributed by atoms with E-state index in [0.29, 0.717) is 11.7 Å². The first kappa shape index (κ1) is 17.8. The zero-order valence-corrected chi connectivity index (χ0v) is 14.5. The Kier molecular flexibility index (Phi) is 6.36. The average Bonchev–Trinajstić information content (AvgIpc) is 3.14. The molecule has 0 radical (unpaired) electrons. The summed E-state index contributed by atoms with van der Waals surface area (Å²) >= 11 is 0. The molecule has 1 amide bonds. The van der Waals surface area contributed by atoms with Crippen LogP contribution in [0.15, 0.2) is 18.5 Å². The minimum Gasteiger partial charge on any atom is -0.365 e. The summed E-state index contributed by atoms with van der Waals surface area (Å²) in [6, 6.07) is 0.408. The highest BCUT2D eigenvalue weighted by molar-refractivity contribution is 5.90. The van der Waals surface area contributed by atoms with E-state index in [9.17, 15) is 4.79 Å². The molecule has 0 aromatic carbocycles. The Bertz CT molecular complexity index is 584. The lowest BCUT2D eigenvalue weighted by atomic mass is 10.0. The number of piperidine rings is 1. The van der Waals surface area contributed by atoms with E-state index < -0.39 is 5.91 Å². The van der Waals surface area contributed by atoms with Crippen molar-refractivity contribution in [3.05, 3.63) is 24.2 Å². The fourth-order valence-electron chi connectivity index (χ4n) is 3.80. The predicted molar refractivity (Wildman–Crippen MR) is 96.0 cm³/mol.